The smallest absolute Gasteiger partial charge is 0.240 e. The topological polar surface area (TPSA) is 66.4 Å². The summed E-state index contributed by atoms with van der Waals surface area (Å²) >= 11 is 0. The SMILES string of the molecule is CC(C)C(C)CNS(=O)(=O)c1ccc(C#CCO)c(F)c1. The summed E-state index contributed by atoms with van der Waals surface area (Å²) in [7, 11) is -3.74. The zero-order valence-electron chi connectivity index (χ0n) is 12.4. The first-order valence-corrected chi connectivity index (χ1v) is 8.15. The number of benzene rings is 1. The van der Waals surface area contributed by atoms with Crippen LogP contribution in [-0.4, -0.2) is 26.7 Å². The van der Waals surface area contributed by atoms with Gasteiger partial charge in [-0.05, 0) is 30.0 Å². The lowest BCUT2D eigenvalue weighted by atomic mass is 9.99. The Morgan fingerprint density at radius 1 is 1.33 bits per heavy atom. The molecule has 0 radical (unpaired) electrons. The average molecular weight is 313 g/mol. The molecule has 0 aliphatic carbocycles. The van der Waals surface area contributed by atoms with E-state index in [1.165, 1.54) is 12.1 Å². The second kappa shape index (κ2) is 7.55. The highest BCUT2D eigenvalue weighted by atomic mass is 32.2. The minimum atomic E-state index is -3.74. The van der Waals surface area contributed by atoms with Gasteiger partial charge in [0.25, 0.3) is 0 Å². The van der Waals surface area contributed by atoms with Crippen LogP contribution in [0.25, 0.3) is 0 Å². The Hall–Kier alpha value is -1.42. The van der Waals surface area contributed by atoms with Gasteiger partial charge in [-0.1, -0.05) is 32.6 Å². The standard InChI is InChI=1S/C15H20FNO3S/c1-11(2)12(3)10-17-21(19,20)14-7-6-13(5-4-8-18)15(16)9-14/h6-7,9,11-12,17-18H,8,10H2,1-3H3. The van der Waals surface area contributed by atoms with Crippen LogP contribution in [0.2, 0.25) is 0 Å². The summed E-state index contributed by atoms with van der Waals surface area (Å²) in [6, 6.07) is 3.52. The second-order valence-electron chi connectivity index (χ2n) is 5.17. The summed E-state index contributed by atoms with van der Waals surface area (Å²) in [6.45, 7) is 5.88. The van der Waals surface area contributed by atoms with Gasteiger partial charge in [-0.25, -0.2) is 17.5 Å². The minimum absolute atomic E-state index is 0.0542. The van der Waals surface area contributed by atoms with Crippen molar-refractivity contribution in [2.24, 2.45) is 11.8 Å². The van der Waals surface area contributed by atoms with Crippen molar-refractivity contribution < 1.29 is 17.9 Å². The van der Waals surface area contributed by atoms with E-state index < -0.39 is 15.8 Å². The fourth-order valence-electron chi connectivity index (χ4n) is 1.46. The van der Waals surface area contributed by atoms with Gasteiger partial charge in [0.1, 0.15) is 12.4 Å². The molecule has 0 heterocycles. The number of halogens is 1. The third kappa shape index (κ3) is 5.12. The van der Waals surface area contributed by atoms with Crippen LogP contribution in [0.15, 0.2) is 23.1 Å². The van der Waals surface area contributed by atoms with Gasteiger partial charge in [0.05, 0.1) is 10.5 Å². The van der Waals surface area contributed by atoms with Crippen molar-refractivity contribution in [1.82, 2.24) is 4.72 Å². The number of sulfonamides is 1. The van der Waals surface area contributed by atoms with Gasteiger partial charge in [0.2, 0.25) is 10.0 Å². The van der Waals surface area contributed by atoms with E-state index in [0.717, 1.165) is 6.07 Å². The van der Waals surface area contributed by atoms with Crippen molar-refractivity contribution in [3.63, 3.8) is 0 Å². The largest absolute Gasteiger partial charge is 0.384 e. The van der Waals surface area contributed by atoms with Gasteiger partial charge in [0.15, 0.2) is 0 Å². The first kappa shape index (κ1) is 17.6. The van der Waals surface area contributed by atoms with E-state index in [-0.39, 0.29) is 23.0 Å². The molecule has 0 spiro atoms. The van der Waals surface area contributed by atoms with Crippen LogP contribution in [0, 0.1) is 29.5 Å². The molecule has 0 bridgehead atoms. The van der Waals surface area contributed by atoms with E-state index in [0.29, 0.717) is 12.5 Å². The molecule has 0 amide bonds. The number of aliphatic hydroxyl groups is 1. The predicted octanol–water partition coefficient (Wildman–Crippen LogP) is 1.74. The van der Waals surface area contributed by atoms with Crippen molar-refractivity contribution in [1.29, 1.82) is 0 Å². The number of aliphatic hydroxyl groups excluding tert-OH is 1. The molecule has 0 saturated heterocycles. The van der Waals surface area contributed by atoms with Gasteiger partial charge in [0, 0.05) is 6.54 Å². The summed E-state index contributed by atoms with van der Waals surface area (Å²) in [5, 5.41) is 8.57. The minimum Gasteiger partial charge on any atom is -0.384 e. The molecule has 1 aromatic rings. The second-order valence-corrected chi connectivity index (χ2v) is 6.94. The molecule has 1 atom stereocenters. The fraction of sp³-hybridized carbons (Fsp3) is 0.467. The lowest BCUT2D eigenvalue weighted by molar-refractivity contribution is 0.350. The summed E-state index contributed by atoms with van der Waals surface area (Å²) in [5.41, 5.74) is 0.0542. The van der Waals surface area contributed by atoms with Crippen LogP contribution in [0.1, 0.15) is 26.3 Å². The molecule has 0 fully saturated rings. The number of rotatable bonds is 5. The lowest BCUT2D eigenvalue weighted by Crippen LogP contribution is -2.30. The number of hydrogen-bond acceptors (Lipinski definition) is 3. The lowest BCUT2D eigenvalue weighted by Gasteiger charge is -2.16. The zero-order chi connectivity index (χ0) is 16.0. The van der Waals surface area contributed by atoms with Crippen LogP contribution in [0.5, 0.6) is 0 Å². The highest BCUT2D eigenvalue weighted by molar-refractivity contribution is 7.89. The third-order valence-corrected chi connectivity index (χ3v) is 4.71. The predicted molar refractivity (Wildman–Crippen MR) is 79.6 cm³/mol. The summed E-state index contributed by atoms with van der Waals surface area (Å²) < 4.78 is 40.4. The Morgan fingerprint density at radius 2 is 2.00 bits per heavy atom. The van der Waals surface area contributed by atoms with Crippen LogP contribution in [0.4, 0.5) is 4.39 Å². The van der Waals surface area contributed by atoms with Gasteiger partial charge < -0.3 is 5.11 Å². The fourth-order valence-corrected chi connectivity index (χ4v) is 2.61. The molecule has 6 heteroatoms. The van der Waals surface area contributed by atoms with Crippen LogP contribution in [-0.2, 0) is 10.0 Å². The van der Waals surface area contributed by atoms with Crippen LogP contribution in [0.3, 0.4) is 0 Å². The molecule has 116 valence electrons. The molecular weight excluding hydrogens is 293 g/mol. The average Bonchev–Trinajstić information content (AvgIpc) is 2.43. The van der Waals surface area contributed by atoms with Crippen molar-refractivity contribution in [2.75, 3.05) is 13.2 Å². The molecule has 1 rings (SSSR count). The summed E-state index contributed by atoms with van der Waals surface area (Å²) in [6.07, 6.45) is 0. The monoisotopic (exact) mass is 313 g/mol. The maximum Gasteiger partial charge on any atom is 0.240 e. The normalized spacial score (nSPS) is 12.9. The van der Waals surface area contributed by atoms with Crippen molar-refractivity contribution in [3.8, 4) is 11.8 Å². The van der Waals surface area contributed by atoms with E-state index in [1.54, 1.807) is 0 Å². The van der Waals surface area contributed by atoms with E-state index in [4.69, 9.17) is 5.11 Å². The summed E-state index contributed by atoms with van der Waals surface area (Å²) in [4.78, 5) is -0.134. The Bertz CT molecular complexity index is 645. The van der Waals surface area contributed by atoms with E-state index >= 15 is 0 Å². The molecule has 2 N–H and O–H groups in total. The Kier molecular flexibility index (Phi) is 6.34. The van der Waals surface area contributed by atoms with Gasteiger partial charge in [-0.3, -0.25) is 0 Å². The molecule has 4 nitrogen and oxygen atoms in total. The maximum atomic E-state index is 13.8. The van der Waals surface area contributed by atoms with Crippen molar-refractivity contribution >= 4 is 10.0 Å². The Morgan fingerprint density at radius 3 is 2.52 bits per heavy atom. The quantitative estimate of drug-likeness (QED) is 0.814. The highest BCUT2D eigenvalue weighted by Crippen LogP contribution is 2.15. The van der Waals surface area contributed by atoms with Gasteiger partial charge >= 0.3 is 0 Å². The first-order chi connectivity index (χ1) is 9.77. The van der Waals surface area contributed by atoms with E-state index in [2.05, 4.69) is 16.6 Å². The van der Waals surface area contributed by atoms with Gasteiger partial charge in [-0.15, -0.1) is 0 Å². The molecule has 21 heavy (non-hydrogen) atoms. The molecule has 0 aliphatic heterocycles. The van der Waals surface area contributed by atoms with E-state index in [9.17, 15) is 12.8 Å². The third-order valence-electron chi connectivity index (χ3n) is 3.29. The Balaban J connectivity index is 2.92. The molecule has 1 unspecified atom stereocenters. The van der Waals surface area contributed by atoms with Crippen LogP contribution >= 0.6 is 0 Å². The maximum absolute atomic E-state index is 13.8. The van der Waals surface area contributed by atoms with Crippen molar-refractivity contribution in [3.05, 3.63) is 29.6 Å². The number of nitrogens with one attached hydrogen (secondary N) is 1. The molecule has 0 saturated carbocycles. The molecule has 0 aromatic heterocycles. The van der Waals surface area contributed by atoms with Crippen molar-refractivity contribution in [2.45, 2.75) is 25.7 Å². The molecule has 0 aliphatic rings. The molecular formula is C15H20FNO3S. The van der Waals surface area contributed by atoms with Crippen LogP contribution < -0.4 is 4.72 Å². The summed E-state index contributed by atoms with van der Waals surface area (Å²) in [5.74, 6) is 4.53. The first-order valence-electron chi connectivity index (χ1n) is 6.67. The van der Waals surface area contributed by atoms with E-state index in [1.807, 2.05) is 20.8 Å². The van der Waals surface area contributed by atoms with Gasteiger partial charge in [-0.2, -0.15) is 0 Å². The Labute approximate surface area is 125 Å². The molecule has 1 aromatic carbocycles. The highest BCUT2D eigenvalue weighted by Gasteiger charge is 2.17. The number of hydrogen-bond donors (Lipinski definition) is 2. The zero-order valence-corrected chi connectivity index (χ0v) is 13.2.